The molecule has 0 radical (unpaired) electrons. The maximum absolute atomic E-state index is 14.9. The highest BCUT2D eigenvalue weighted by molar-refractivity contribution is 7.93. The van der Waals surface area contributed by atoms with E-state index >= 15 is 0 Å². The molecule has 0 saturated carbocycles. The number of nitrogen functional groups attached to an aromatic ring is 1. The van der Waals surface area contributed by atoms with Crippen molar-refractivity contribution in [2.24, 2.45) is 5.73 Å². The van der Waals surface area contributed by atoms with Crippen LogP contribution in [0.5, 0.6) is 17.2 Å². The standard InChI is InChI=1S/C21H16ClF2N5O4S2/c22-12-2-4-17(13(6-12)11-1-3-18(32-9-25)16(26)5-11)33-19-7-15(24)20(8-14(19)23)35(30,31)29-21-27-10-28-34-21/h1-8,10H,9,25-26H2,(H,27,28,29). The van der Waals surface area contributed by atoms with E-state index < -0.39 is 32.3 Å². The molecule has 0 atom stereocenters. The van der Waals surface area contributed by atoms with E-state index in [4.69, 9.17) is 32.5 Å². The number of rotatable bonds is 8. The average molecular weight is 540 g/mol. The molecule has 3 aromatic carbocycles. The van der Waals surface area contributed by atoms with Gasteiger partial charge in [-0.1, -0.05) is 17.7 Å². The SMILES string of the molecule is NCOc1ccc(-c2cc(Cl)ccc2Oc2cc(F)c(S(=O)(=O)Nc3ncns3)cc2F)cc1N. The molecule has 0 aliphatic carbocycles. The van der Waals surface area contributed by atoms with Crippen LogP contribution in [0, 0.1) is 11.6 Å². The summed E-state index contributed by atoms with van der Waals surface area (Å²) in [6.45, 7) is -0.0676. The minimum atomic E-state index is -4.46. The van der Waals surface area contributed by atoms with Gasteiger partial charge in [-0.05, 0) is 35.9 Å². The van der Waals surface area contributed by atoms with E-state index in [1.807, 2.05) is 4.72 Å². The first-order valence-electron chi connectivity index (χ1n) is 9.66. The molecule has 0 fully saturated rings. The fourth-order valence-corrected chi connectivity index (χ4v) is 4.96. The van der Waals surface area contributed by atoms with Crippen LogP contribution in [0.2, 0.25) is 5.02 Å². The van der Waals surface area contributed by atoms with Crippen molar-refractivity contribution in [1.82, 2.24) is 9.36 Å². The van der Waals surface area contributed by atoms with Crippen LogP contribution in [0.25, 0.3) is 11.1 Å². The molecule has 0 aliphatic heterocycles. The van der Waals surface area contributed by atoms with Crippen LogP contribution in [0.1, 0.15) is 0 Å². The number of nitrogens with two attached hydrogens (primary N) is 2. The zero-order valence-corrected chi connectivity index (χ0v) is 19.9. The van der Waals surface area contributed by atoms with Gasteiger partial charge in [0.2, 0.25) is 5.13 Å². The quantitative estimate of drug-likeness (QED) is 0.218. The second kappa shape index (κ2) is 10.00. The molecule has 14 heteroatoms. The molecule has 0 unspecified atom stereocenters. The van der Waals surface area contributed by atoms with E-state index in [2.05, 4.69) is 9.36 Å². The number of halogens is 3. The average Bonchev–Trinajstić information content (AvgIpc) is 3.31. The summed E-state index contributed by atoms with van der Waals surface area (Å²) in [6, 6.07) is 10.5. The smallest absolute Gasteiger partial charge is 0.266 e. The fourth-order valence-electron chi connectivity index (χ4n) is 3.05. The monoisotopic (exact) mass is 539 g/mol. The lowest BCUT2D eigenvalue weighted by molar-refractivity contribution is 0.331. The topological polar surface area (TPSA) is 142 Å². The number of aromatic nitrogens is 2. The predicted molar refractivity (Wildman–Crippen MR) is 128 cm³/mol. The minimum absolute atomic E-state index is 0.0676. The van der Waals surface area contributed by atoms with E-state index in [9.17, 15) is 17.2 Å². The molecule has 9 nitrogen and oxygen atoms in total. The summed E-state index contributed by atoms with van der Waals surface area (Å²) in [5.41, 5.74) is 12.6. The van der Waals surface area contributed by atoms with E-state index in [1.165, 1.54) is 12.1 Å². The van der Waals surface area contributed by atoms with Gasteiger partial charge in [0.1, 0.15) is 35.3 Å². The lowest BCUT2D eigenvalue weighted by Gasteiger charge is -2.15. The van der Waals surface area contributed by atoms with Crippen molar-refractivity contribution in [3.8, 4) is 28.4 Å². The summed E-state index contributed by atoms with van der Waals surface area (Å²) >= 11 is 6.87. The first-order valence-corrected chi connectivity index (χ1v) is 12.3. The summed E-state index contributed by atoms with van der Waals surface area (Å²) in [6.07, 6.45) is 1.12. The molecule has 0 aliphatic rings. The molecule has 0 amide bonds. The van der Waals surface area contributed by atoms with Crippen LogP contribution < -0.4 is 25.7 Å². The van der Waals surface area contributed by atoms with Crippen LogP contribution in [-0.4, -0.2) is 24.5 Å². The van der Waals surface area contributed by atoms with E-state index in [1.54, 1.807) is 24.3 Å². The third kappa shape index (κ3) is 5.43. The highest BCUT2D eigenvalue weighted by atomic mass is 35.5. The number of sulfonamides is 1. The molecule has 1 aromatic heterocycles. The second-order valence-corrected chi connectivity index (χ2v) is 9.74. The fraction of sp³-hybridized carbons (Fsp3) is 0.0476. The minimum Gasteiger partial charge on any atom is -0.476 e. The van der Waals surface area contributed by atoms with Crippen LogP contribution in [0.4, 0.5) is 19.6 Å². The van der Waals surface area contributed by atoms with E-state index in [0.29, 0.717) is 34.0 Å². The van der Waals surface area contributed by atoms with Gasteiger partial charge in [0.25, 0.3) is 10.0 Å². The van der Waals surface area contributed by atoms with Gasteiger partial charge in [-0.2, -0.15) is 4.37 Å². The van der Waals surface area contributed by atoms with Gasteiger partial charge in [0.15, 0.2) is 11.6 Å². The number of hydrogen-bond acceptors (Lipinski definition) is 9. The van der Waals surface area contributed by atoms with E-state index in [0.717, 1.165) is 17.9 Å². The maximum Gasteiger partial charge on any atom is 0.266 e. The first-order chi connectivity index (χ1) is 16.7. The Morgan fingerprint density at radius 1 is 1.03 bits per heavy atom. The summed E-state index contributed by atoms with van der Waals surface area (Å²) < 4.78 is 71.1. The highest BCUT2D eigenvalue weighted by Gasteiger charge is 2.24. The molecule has 4 rings (SSSR count). The van der Waals surface area contributed by atoms with Gasteiger partial charge in [0, 0.05) is 34.3 Å². The first kappa shape index (κ1) is 24.6. The van der Waals surface area contributed by atoms with Crippen LogP contribution >= 0.6 is 23.1 Å². The molecule has 35 heavy (non-hydrogen) atoms. The molecule has 5 N–H and O–H groups in total. The van der Waals surface area contributed by atoms with Crippen molar-refractivity contribution in [1.29, 1.82) is 0 Å². The Bertz CT molecular complexity index is 1490. The molecular formula is C21H16ClF2N5O4S2. The van der Waals surface area contributed by atoms with Crippen LogP contribution in [0.15, 0.2) is 59.8 Å². The molecule has 0 saturated heterocycles. The number of anilines is 2. The Hall–Kier alpha value is -3.52. The number of hydrogen-bond donors (Lipinski definition) is 3. The summed E-state index contributed by atoms with van der Waals surface area (Å²) in [5.74, 6) is -2.41. The third-order valence-electron chi connectivity index (χ3n) is 4.58. The van der Waals surface area contributed by atoms with E-state index in [-0.39, 0.29) is 23.3 Å². The Kier molecular flexibility index (Phi) is 7.03. The normalized spacial score (nSPS) is 11.3. The molecule has 1 heterocycles. The third-order valence-corrected chi connectivity index (χ3v) is 6.88. The van der Waals surface area contributed by atoms with Crippen molar-refractivity contribution >= 4 is 44.0 Å². The lowest BCUT2D eigenvalue weighted by atomic mass is 10.0. The molecule has 0 bridgehead atoms. The zero-order chi connectivity index (χ0) is 25.2. The largest absolute Gasteiger partial charge is 0.476 e. The number of nitrogens with zero attached hydrogens (tertiary/aromatic N) is 2. The summed E-state index contributed by atoms with van der Waals surface area (Å²) in [5, 5.41) is 0.252. The van der Waals surface area contributed by atoms with Crippen molar-refractivity contribution in [2.45, 2.75) is 4.90 Å². The Morgan fingerprint density at radius 2 is 1.80 bits per heavy atom. The predicted octanol–water partition coefficient (Wildman–Crippen LogP) is 4.61. The molecule has 0 spiro atoms. The summed E-state index contributed by atoms with van der Waals surface area (Å²) in [4.78, 5) is 2.74. The van der Waals surface area contributed by atoms with Gasteiger partial charge in [-0.25, -0.2) is 22.2 Å². The zero-order valence-electron chi connectivity index (χ0n) is 17.5. The van der Waals surface area contributed by atoms with Crippen LogP contribution in [-0.2, 0) is 10.0 Å². The van der Waals surface area contributed by atoms with Gasteiger partial charge >= 0.3 is 0 Å². The van der Waals surface area contributed by atoms with Crippen molar-refractivity contribution in [2.75, 3.05) is 17.2 Å². The van der Waals surface area contributed by atoms with Gasteiger partial charge in [0.05, 0.1) is 5.69 Å². The lowest BCUT2D eigenvalue weighted by Crippen LogP contribution is -2.15. The highest BCUT2D eigenvalue weighted by Crippen LogP contribution is 2.39. The Balaban J connectivity index is 1.69. The summed E-state index contributed by atoms with van der Waals surface area (Å²) in [7, 11) is -4.46. The van der Waals surface area contributed by atoms with Crippen molar-refractivity contribution < 1.29 is 26.7 Å². The number of benzene rings is 3. The van der Waals surface area contributed by atoms with Crippen LogP contribution in [0.3, 0.4) is 0 Å². The molecular weight excluding hydrogens is 524 g/mol. The Labute approximate surface area is 207 Å². The van der Waals surface area contributed by atoms with Gasteiger partial charge in [-0.15, -0.1) is 0 Å². The second-order valence-electron chi connectivity index (χ2n) is 6.87. The maximum atomic E-state index is 14.9. The van der Waals surface area contributed by atoms with Crippen molar-refractivity contribution in [3.05, 3.63) is 71.5 Å². The Morgan fingerprint density at radius 3 is 2.49 bits per heavy atom. The molecule has 182 valence electrons. The molecule has 4 aromatic rings. The van der Waals surface area contributed by atoms with Gasteiger partial charge < -0.3 is 15.2 Å². The van der Waals surface area contributed by atoms with Crippen molar-refractivity contribution in [3.63, 3.8) is 0 Å². The number of nitrogens with one attached hydrogen (secondary N) is 1. The number of ether oxygens (including phenoxy) is 2. The van der Waals surface area contributed by atoms with Gasteiger partial charge in [-0.3, -0.25) is 10.5 Å².